The van der Waals surface area contributed by atoms with Gasteiger partial charge in [-0.05, 0) is 61.9 Å². The number of anilines is 1. The SMILES string of the molecule is CCOC(=O)NC(=O)c1c(NC(=O)c2ccc(Cl)cc2)sc2c1CC[C@H](C)C2. The Morgan fingerprint density at radius 2 is 1.93 bits per heavy atom. The van der Waals surface area contributed by atoms with Crippen LogP contribution in [0.2, 0.25) is 5.02 Å². The third-order valence-electron chi connectivity index (χ3n) is 4.56. The van der Waals surface area contributed by atoms with Gasteiger partial charge in [-0.15, -0.1) is 11.3 Å². The molecule has 1 atom stereocenters. The predicted molar refractivity (Wildman–Crippen MR) is 109 cm³/mol. The fraction of sp³-hybridized carbons (Fsp3) is 0.350. The zero-order chi connectivity index (χ0) is 20.3. The lowest BCUT2D eigenvalue weighted by atomic mass is 9.88. The third kappa shape index (κ3) is 4.54. The second-order valence-corrected chi connectivity index (χ2v) is 8.23. The van der Waals surface area contributed by atoms with E-state index in [1.807, 2.05) is 0 Å². The number of ether oxygens (including phenoxy) is 1. The highest BCUT2D eigenvalue weighted by Gasteiger charge is 2.29. The Morgan fingerprint density at radius 3 is 2.61 bits per heavy atom. The summed E-state index contributed by atoms with van der Waals surface area (Å²) in [4.78, 5) is 38.2. The van der Waals surface area contributed by atoms with Gasteiger partial charge in [-0.3, -0.25) is 14.9 Å². The molecule has 0 unspecified atom stereocenters. The number of amides is 3. The highest BCUT2D eigenvalue weighted by atomic mass is 35.5. The van der Waals surface area contributed by atoms with Crippen molar-refractivity contribution in [1.82, 2.24) is 5.32 Å². The summed E-state index contributed by atoms with van der Waals surface area (Å²) < 4.78 is 4.81. The molecule has 1 heterocycles. The van der Waals surface area contributed by atoms with Crippen molar-refractivity contribution in [3.8, 4) is 0 Å². The van der Waals surface area contributed by atoms with Crippen LogP contribution < -0.4 is 10.6 Å². The number of nitrogens with one attached hydrogen (secondary N) is 2. The minimum atomic E-state index is -0.799. The Kier molecular flexibility index (Phi) is 6.36. The molecular formula is C20H21ClN2O4S. The van der Waals surface area contributed by atoms with Crippen molar-refractivity contribution in [3.05, 3.63) is 50.9 Å². The van der Waals surface area contributed by atoms with Gasteiger partial charge in [0.25, 0.3) is 11.8 Å². The number of hydrogen-bond donors (Lipinski definition) is 2. The number of hydrogen-bond acceptors (Lipinski definition) is 5. The first-order chi connectivity index (χ1) is 13.4. The molecule has 1 aliphatic rings. The lowest BCUT2D eigenvalue weighted by molar-refractivity contribution is 0.0925. The summed E-state index contributed by atoms with van der Waals surface area (Å²) in [6, 6.07) is 6.50. The fourth-order valence-electron chi connectivity index (χ4n) is 3.18. The molecule has 1 aromatic heterocycles. The van der Waals surface area contributed by atoms with Gasteiger partial charge in [-0.25, -0.2) is 4.79 Å². The minimum Gasteiger partial charge on any atom is -0.450 e. The lowest BCUT2D eigenvalue weighted by Crippen LogP contribution is -2.32. The van der Waals surface area contributed by atoms with E-state index in [0.29, 0.717) is 27.1 Å². The molecule has 2 N–H and O–H groups in total. The molecule has 8 heteroatoms. The van der Waals surface area contributed by atoms with Crippen molar-refractivity contribution in [2.24, 2.45) is 5.92 Å². The molecule has 0 spiro atoms. The van der Waals surface area contributed by atoms with Crippen molar-refractivity contribution < 1.29 is 19.1 Å². The molecule has 0 radical (unpaired) electrons. The Morgan fingerprint density at radius 1 is 1.21 bits per heavy atom. The fourth-order valence-corrected chi connectivity index (χ4v) is 4.71. The summed E-state index contributed by atoms with van der Waals surface area (Å²) >= 11 is 7.26. The number of halogens is 1. The molecule has 0 saturated carbocycles. The number of benzene rings is 1. The molecule has 0 fully saturated rings. The van der Waals surface area contributed by atoms with Crippen LogP contribution in [0.4, 0.5) is 9.80 Å². The van der Waals surface area contributed by atoms with Crippen LogP contribution >= 0.6 is 22.9 Å². The summed E-state index contributed by atoms with van der Waals surface area (Å²) in [7, 11) is 0. The second-order valence-electron chi connectivity index (χ2n) is 6.69. The zero-order valence-electron chi connectivity index (χ0n) is 15.6. The first-order valence-electron chi connectivity index (χ1n) is 9.08. The molecule has 0 saturated heterocycles. The van der Waals surface area contributed by atoms with Crippen LogP contribution in [0.1, 0.15) is 51.4 Å². The number of carbonyl (C=O) groups is 3. The van der Waals surface area contributed by atoms with Gasteiger partial charge in [-0.1, -0.05) is 18.5 Å². The van der Waals surface area contributed by atoms with Crippen molar-refractivity contribution in [2.75, 3.05) is 11.9 Å². The molecule has 1 aliphatic carbocycles. The number of alkyl carbamates (subject to hydrolysis) is 1. The average Bonchev–Trinajstić information content (AvgIpc) is 2.99. The highest BCUT2D eigenvalue weighted by molar-refractivity contribution is 7.17. The molecule has 3 rings (SSSR count). The molecule has 2 aromatic rings. The van der Waals surface area contributed by atoms with E-state index >= 15 is 0 Å². The quantitative estimate of drug-likeness (QED) is 0.753. The van der Waals surface area contributed by atoms with Gasteiger partial charge in [0.05, 0.1) is 12.2 Å². The van der Waals surface area contributed by atoms with E-state index < -0.39 is 12.0 Å². The second kappa shape index (κ2) is 8.75. The van der Waals surface area contributed by atoms with Gasteiger partial charge in [-0.2, -0.15) is 0 Å². The van der Waals surface area contributed by atoms with E-state index in [0.717, 1.165) is 29.7 Å². The summed E-state index contributed by atoms with van der Waals surface area (Å²) in [5, 5.41) is 6.05. The van der Waals surface area contributed by atoms with Crippen LogP contribution in [0.15, 0.2) is 24.3 Å². The van der Waals surface area contributed by atoms with Crippen LogP contribution in [0.25, 0.3) is 0 Å². The van der Waals surface area contributed by atoms with E-state index in [4.69, 9.17) is 16.3 Å². The van der Waals surface area contributed by atoms with Gasteiger partial charge in [0, 0.05) is 15.5 Å². The number of imide groups is 1. The first-order valence-corrected chi connectivity index (χ1v) is 10.3. The predicted octanol–water partition coefficient (Wildman–Crippen LogP) is 4.66. The lowest BCUT2D eigenvalue weighted by Gasteiger charge is -2.18. The van der Waals surface area contributed by atoms with Crippen molar-refractivity contribution >= 4 is 45.8 Å². The van der Waals surface area contributed by atoms with E-state index in [1.165, 1.54) is 11.3 Å². The maximum atomic E-state index is 12.8. The Hall–Kier alpha value is -2.38. The number of carbonyl (C=O) groups excluding carboxylic acids is 3. The normalized spacial score (nSPS) is 15.5. The largest absolute Gasteiger partial charge is 0.450 e. The molecule has 0 bridgehead atoms. The maximum absolute atomic E-state index is 12.8. The Balaban J connectivity index is 1.91. The van der Waals surface area contributed by atoms with Crippen LogP contribution in [-0.4, -0.2) is 24.5 Å². The smallest absolute Gasteiger partial charge is 0.414 e. The molecule has 28 heavy (non-hydrogen) atoms. The van der Waals surface area contributed by atoms with Gasteiger partial charge in [0.15, 0.2) is 0 Å². The van der Waals surface area contributed by atoms with Gasteiger partial charge in [0.1, 0.15) is 5.00 Å². The monoisotopic (exact) mass is 420 g/mol. The standard InChI is InChI=1S/C20H21ClN2O4S/c1-3-27-20(26)23-18(25)16-14-9-4-11(2)10-15(14)28-19(16)22-17(24)12-5-7-13(21)8-6-12/h5-8,11H,3-4,9-10H2,1-2H3,(H,22,24)(H,23,25,26)/t11-/m0/s1. The number of rotatable bonds is 4. The molecule has 6 nitrogen and oxygen atoms in total. The highest BCUT2D eigenvalue weighted by Crippen LogP contribution is 2.39. The number of fused-ring (bicyclic) bond motifs is 1. The molecule has 0 aliphatic heterocycles. The summed E-state index contributed by atoms with van der Waals surface area (Å²) in [5.74, 6) is -0.391. The first kappa shape index (κ1) is 20.4. The van der Waals surface area contributed by atoms with Crippen molar-refractivity contribution in [2.45, 2.75) is 33.1 Å². The topological polar surface area (TPSA) is 84.5 Å². The Bertz CT molecular complexity index is 908. The third-order valence-corrected chi connectivity index (χ3v) is 5.98. The van der Waals surface area contributed by atoms with E-state index in [9.17, 15) is 14.4 Å². The van der Waals surface area contributed by atoms with E-state index in [2.05, 4.69) is 17.6 Å². The average molecular weight is 421 g/mol. The van der Waals surface area contributed by atoms with Gasteiger partial charge >= 0.3 is 6.09 Å². The maximum Gasteiger partial charge on any atom is 0.414 e. The van der Waals surface area contributed by atoms with Crippen LogP contribution in [0, 0.1) is 5.92 Å². The van der Waals surface area contributed by atoms with Crippen LogP contribution in [0.3, 0.4) is 0 Å². The van der Waals surface area contributed by atoms with Crippen molar-refractivity contribution in [3.63, 3.8) is 0 Å². The van der Waals surface area contributed by atoms with Crippen LogP contribution in [-0.2, 0) is 17.6 Å². The molecule has 3 amide bonds. The molecule has 148 valence electrons. The van der Waals surface area contributed by atoms with E-state index in [1.54, 1.807) is 31.2 Å². The van der Waals surface area contributed by atoms with Crippen molar-refractivity contribution in [1.29, 1.82) is 0 Å². The molecular weight excluding hydrogens is 400 g/mol. The zero-order valence-corrected chi connectivity index (χ0v) is 17.2. The van der Waals surface area contributed by atoms with E-state index in [-0.39, 0.29) is 12.5 Å². The minimum absolute atomic E-state index is 0.165. The summed E-state index contributed by atoms with van der Waals surface area (Å²) in [6.07, 6.45) is 1.73. The van der Waals surface area contributed by atoms with Gasteiger partial charge in [0.2, 0.25) is 0 Å². The molecule has 1 aromatic carbocycles. The van der Waals surface area contributed by atoms with Gasteiger partial charge < -0.3 is 10.1 Å². The number of thiophene rings is 1. The van der Waals surface area contributed by atoms with Crippen LogP contribution in [0.5, 0.6) is 0 Å². The summed E-state index contributed by atoms with van der Waals surface area (Å²) in [5.41, 5.74) is 1.68. The summed E-state index contributed by atoms with van der Waals surface area (Å²) in [6.45, 7) is 3.99. The Labute approximate surface area is 172 Å².